The number of rotatable bonds is 7. The summed E-state index contributed by atoms with van der Waals surface area (Å²) in [6.45, 7) is 1.49. The number of para-hydroxylation sites is 1. The maximum absolute atomic E-state index is 4.57. The number of nitrogens with zero attached hydrogens (tertiary/aromatic N) is 2. The Morgan fingerprint density at radius 2 is 1.86 bits per heavy atom. The van der Waals surface area contributed by atoms with Gasteiger partial charge in [0.2, 0.25) is 5.95 Å². The molecule has 0 saturated carbocycles. The molecule has 29 heavy (non-hydrogen) atoms. The summed E-state index contributed by atoms with van der Waals surface area (Å²) in [4.78, 5) is 15.4. The van der Waals surface area contributed by atoms with Crippen molar-refractivity contribution in [2.75, 3.05) is 17.2 Å². The molecular weight excluding hydrogens is 360 g/mol. The van der Waals surface area contributed by atoms with Gasteiger partial charge in [-0.1, -0.05) is 24.3 Å². The third kappa shape index (κ3) is 3.78. The zero-order valence-corrected chi connectivity index (χ0v) is 15.9. The number of nitrogens with one attached hydrogen (secondary N) is 4. The topological polar surface area (TPSA) is 81.4 Å². The fourth-order valence-corrected chi connectivity index (χ4v) is 3.60. The van der Waals surface area contributed by atoms with Crippen LogP contribution in [-0.4, -0.2) is 26.5 Å². The Kier molecular flexibility index (Phi) is 4.58. The lowest BCUT2D eigenvalue weighted by Gasteiger charge is -2.08. The van der Waals surface area contributed by atoms with E-state index in [0.29, 0.717) is 12.5 Å². The Hall–Kier alpha value is -3.80. The van der Waals surface area contributed by atoms with Crippen LogP contribution in [0.3, 0.4) is 0 Å². The van der Waals surface area contributed by atoms with Crippen molar-refractivity contribution in [3.05, 3.63) is 84.3 Å². The van der Waals surface area contributed by atoms with Crippen LogP contribution in [0.4, 0.5) is 11.8 Å². The molecule has 0 saturated heterocycles. The van der Waals surface area contributed by atoms with E-state index in [1.807, 2.05) is 18.3 Å². The SMILES string of the molecule is c1ccc2c(CCNc3ccnc(NCc4ccc5[nH]ccc5c4)n3)c[nH]c2c1. The maximum atomic E-state index is 4.57. The first-order valence-electron chi connectivity index (χ1n) is 9.77. The van der Waals surface area contributed by atoms with Gasteiger partial charge in [0.05, 0.1) is 0 Å². The van der Waals surface area contributed by atoms with E-state index in [1.54, 1.807) is 6.20 Å². The predicted octanol–water partition coefficient (Wildman–Crippen LogP) is 4.71. The number of fused-ring (bicyclic) bond motifs is 2. The molecule has 144 valence electrons. The largest absolute Gasteiger partial charge is 0.370 e. The van der Waals surface area contributed by atoms with Crippen LogP contribution in [0.15, 0.2) is 73.2 Å². The fourth-order valence-electron chi connectivity index (χ4n) is 3.60. The van der Waals surface area contributed by atoms with Crippen molar-refractivity contribution in [3.8, 4) is 0 Å². The van der Waals surface area contributed by atoms with E-state index in [0.717, 1.165) is 24.3 Å². The predicted molar refractivity (Wildman–Crippen MR) is 118 cm³/mol. The first-order valence-corrected chi connectivity index (χ1v) is 9.77. The van der Waals surface area contributed by atoms with Crippen molar-refractivity contribution in [3.63, 3.8) is 0 Å². The average molecular weight is 382 g/mol. The van der Waals surface area contributed by atoms with Crippen LogP contribution in [0.1, 0.15) is 11.1 Å². The molecule has 6 nitrogen and oxygen atoms in total. The molecule has 0 aliphatic rings. The van der Waals surface area contributed by atoms with Crippen LogP contribution in [0.5, 0.6) is 0 Å². The maximum Gasteiger partial charge on any atom is 0.224 e. The minimum absolute atomic E-state index is 0.622. The highest BCUT2D eigenvalue weighted by molar-refractivity contribution is 5.83. The molecule has 0 aliphatic carbocycles. The van der Waals surface area contributed by atoms with Crippen molar-refractivity contribution in [1.29, 1.82) is 0 Å². The van der Waals surface area contributed by atoms with E-state index >= 15 is 0 Å². The molecule has 4 N–H and O–H groups in total. The smallest absolute Gasteiger partial charge is 0.224 e. The van der Waals surface area contributed by atoms with E-state index in [-0.39, 0.29) is 0 Å². The summed E-state index contributed by atoms with van der Waals surface area (Å²) >= 11 is 0. The molecular formula is C23H22N6. The van der Waals surface area contributed by atoms with Gasteiger partial charge in [-0.2, -0.15) is 4.98 Å². The van der Waals surface area contributed by atoms with Crippen molar-refractivity contribution < 1.29 is 0 Å². The van der Waals surface area contributed by atoms with Crippen molar-refractivity contribution >= 4 is 33.6 Å². The highest BCUT2D eigenvalue weighted by Gasteiger charge is 2.04. The number of aromatic amines is 2. The summed E-state index contributed by atoms with van der Waals surface area (Å²) in [7, 11) is 0. The molecule has 0 aliphatic heterocycles. The van der Waals surface area contributed by atoms with Gasteiger partial charge in [-0.15, -0.1) is 0 Å². The van der Waals surface area contributed by atoms with Gasteiger partial charge in [-0.3, -0.25) is 0 Å². The molecule has 6 heteroatoms. The zero-order chi connectivity index (χ0) is 19.5. The fraction of sp³-hybridized carbons (Fsp3) is 0.130. The summed E-state index contributed by atoms with van der Waals surface area (Å²) in [6.07, 6.45) is 6.74. The summed E-state index contributed by atoms with van der Waals surface area (Å²) in [5.74, 6) is 1.44. The van der Waals surface area contributed by atoms with Gasteiger partial charge >= 0.3 is 0 Å². The lowest BCUT2D eigenvalue weighted by Crippen LogP contribution is -2.09. The second kappa shape index (κ2) is 7.67. The molecule has 0 amide bonds. The lowest BCUT2D eigenvalue weighted by molar-refractivity contribution is 0.997. The minimum Gasteiger partial charge on any atom is -0.370 e. The molecule has 0 spiro atoms. The molecule has 5 aromatic rings. The minimum atomic E-state index is 0.622. The first kappa shape index (κ1) is 17.3. The van der Waals surface area contributed by atoms with Crippen LogP contribution in [0.2, 0.25) is 0 Å². The van der Waals surface area contributed by atoms with Gasteiger partial charge in [-0.05, 0) is 53.3 Å². The molecule has 0 unspecified atom stereocenters. The second-order valence-corrected chi connectivity index (χ2v) is 7.05. The van der Waals surface area contributed by atoms with Crippen molar-refractivity contribution in [2.45, 2.75) is 13.0 Å². The first-order chi connectivity index (χ1) is 14.3. The summed E-state index contributed by atoms with van der Waals surface area (Å²) in [5, 5.41) is 9.19. The Labute approximate surface area is 168 Å². The van der Waals surface area contributed by atoms with Gasteiger partial charge in [0, 0.05) is 48.1 Å². The van der Waals surface area contributed by atoms with E-state index in [1.165, 1.54) is 27.4 Å². The highest BCUT2D eigenvalue weighted by Crippen LogP contribution is 2.18. The Morgan fingerprint density at radius 3 is 2.86 bits per heavy atom. The van der Waals surface area contributed by atoms with Crippen LogP contribution in [-0.2, 0) is 13.0 Å². The van der Waals surface area contributed by atoms with Gasteiger partial charge in [0.1, 0.15) is 5.82 Å². The average Bonchev–Trinajstić information content (AvgIpc) is 3.39. The quantitative estimate of drug-likeness (QED) is 0.329. The molecule has 0 bridgehead atoms. The Morgan fingerprint density at radius 1 is 0.897 bits per heavy atom. The monoisotopic (exact) mass is 382 g/mol. The Bertz CT molecular complexity index is 1250. The molecule has 0 radical (unpaired) electrons. The Balaban J connectivity index is 1.19. The van der Waals surface area contributed by atoms with Gasteiger partial charge in [0.15, 0.2) is 0 Å². The number of hydrogen-bond donors (Lipinski definition) is 4. The van der Waals surface area contributed by atoms with Crippen molar-refractivity contribution in [1.82, 2.24) is 19.9 Å². The summed E-state index contributed by atoms with van der Waals surface area (Å²) in [5.41, 5.74) is 4.82. The molecule has 3 aromatic heterocycles. The van der Waals surface area contributed by atoms with Crippen LogP contribution < -0.4 is 10.6 Å². The highest BCUT2D eigenvalue weighted by atomic mass is 15.1. The second-order valence-electron chi connectivity index (χ2n) is 7.05. The third-order valence-corrected chi connectivity index (χ3v) is 5.10. The summed E-state index contributed by atoms with van der Waals surface area (Å²) < 4.78 is 0. The number of anilines is 2. The van der Waals surface area contributed by atoms with Gasteiger partial charge < -0.3 is 20.6 Å². The normalized spacial score (nSPS) is 11.2. The van der Waals surface area contributed by atoms with Crippen LogP contribution in [0.25, 0.3) is 21.8 Å². The molecule has 3 heterocycles. The zero-order valence-electron chi connectivity index (χ0n) is 15.9. The van der Waals surface area contributed by atoms with E-state index in [4.69, 9.17) is 0 Å². The number of aromatic nitrogens is 4. The lowest BCUT2D eigenvalue weighted by atomic mass is 10.1. The van der Waals surface area contributed by atoms with Gasteiger partial charge in [-0.25, -0.2) is 4.98 Å². The van der Waals surface area contributed by atoms with Crippen LogP contribution >= 0.6 is 0 Å². The molecule has 5 rings (SSSR count). The molecule has 2 aromatic carbocycles. The summed E-state index contributed by atoms with van der Waals surface area (Å²) in [6, 6.07) is 18.7. The van der Waals surface area contributed by atoms with E-state index in [9.17, 15) is 0 Å². The molecule has 0 atom stereocenters. The number of hydrogen-bond acceptors (Lipinski definition) is 4. The number of H-pyrrole nitrogens is 2. The van der Waals surface area contributed by atoms with E-state index < -0.39 is 0 Å². The standard InChI is InChI=1S/C23H22N6/c1-2-4-21-19(3-1)18(15-27-21)8-11-25-22-9-12-26-23(29-22)28-14-16-5-6-20-17(13-16)7-10-24-20/h1-7,9-10,12-13,15,24,27H,8,11,14H2,(H2,25,26,28,29). The van der Waals surface area contributed by atoms with Gasteiger partial charge in [0.25, 0.3) is 0 Å². The van der Waals surface area contributed by atoms with E-state index in [2.05, 4.69) is 79.2 Å². The number of benzene rings is 2. The van der Waals surface area contributed by atoms with Crippen LogP contribution in [0, 0.1) is 0 Å². The van der Waals surface area contributed by atoms with Crippen molar-refractivity contribution in [2.24, 2.45) is 0 Å². The molecule has 0 fully saturated rings. The third-order valence-electron chi connectivity index (χ3n) is 5.10.